The van der Waals surface area contributed by atoms with Gasteiger partial charge >= 0.3 is 0 Å². The van der Waals surface area contributed by atoms with E-state index < -0.39 is 9.84 Å². The fourth-order valence-electron chi connectivity index (χ4n) is 4.39. The van der Waals surface area contributed by atoms with Crippen molar-refractivity contribution in [3.05, 3.63) is 46.4 Å². The minimum atomic E-state index is -2.91. The number of sulfone groups is 1. The third-order valence-corrected chi connectivity index (χ3v) is 7.81. The Morgan fingerprint density at radius 1 is 1.07 bits per heavy atom. The zero-order valence-corrected chi connectivity index (χ0v) is 17.7. The average molecular weight is 418 g/mol. The van der Waals surface area contributed by atoms with Crippen LogP contribution in [0.4, 0.5) is 0 Å². The second-order valence-electron chi connectivity index (χ2n) is 8.28. The normalized spacial score (nSPS) is 22.4. The van der Waals surface area contributed by atoms with Gasteiger partial charge in [0.25, 0.3) is 11.5 Å². The van der Waals surface area contributed by atoms with Crippen LogP contribution in [0.2, 0.25) is 0 Å². The summed E-state index contributed by atoms with van der Waals surface area (Å²) in [6.45, 7) is 6.33. The average Bonchev–Trinajstić information content (AvgIpc) is 3.07. The van der Waals surface area contributed by atoms with E-state index in [1.54, 1.807) is 16.8 Å². The van der Waals surface area contributed by atoms with E-state index in [1.807, 2.05) is 36.9 Å². The molecule has 2 saturated heterocycles. The Balaban J connectivity index is 1.57. The van der Waals surface area contributed by atoms with Crippen LogP contribution in [0.1, 0.15) is 36.7 Å². The molecule has 2 aliphatic heterocycles. The molecule has 1 amide bonds. The van der Waals surface area contributed by atoms with Crippen molar-refractivity contribution in [2.75, 3.05) is 37.7 Å². The summed E-state index contributed by atoms with van der Waals surface area (Å²) in [7, 11) is -2.91. The number of carbonyl (C=O) groups is 1. The number of hydrogen-bond donors (Lipinski definition) is 0. The fourth-order valence-corrected chi connectivity index (χ4v) is 6.15. The number of rotatable bonds is 3. The summed E-state index contributed by atoms with van der Waals surface area (Å²) in [4.78, 5) is 30.1. The highest BCUT2D eigenvalue weighted by atomic mass is 32.2. The van der Waals surface area contributed by atoms with Gasteiger partial charge in [-0.3, -0.25) is 14.5 Å². The lowest BCUT2D eigenvalue weighted by Gasteiger charge is -2.37. The molecule has 2 fully saturated rings. The van der Waals surface area contributed by atoms with Crippen LogP contribution < -0.4 is 5.56 Å². The maximum Gasteiger partial charge on any atom is 0.258 e. The summed E-state index contributed by atoms with van der Waals surface area (Å²) in [5, 5.41) is 1.24. The van der Waals surface area contributed by atoms with Gasteiger partial charge in [-0.15, -0.1) is 0 Å². The molecule has 1 atom stereocenters. The van der Waals surface area contributed by atoms with E-state index in [0.29, 0.717) is 48.9 Å². The standard InChI is InChI=1S/C21H27N3O4S/c1-15(2)24-13-19(17-5-3-4-6-18(17)21(24)26)20(25)23-10-8-22(9-11-23)16-7-12-29(27,28)14-16/h3-6,13,15-16H,7-12,14H2,1-2H3/t16-/m1/s1. The van der Waals surface area contributed by atoms with Crippen molar-refractivity contribution in [1.82, 2.24) is 14.4 Å². The lowest BCUT2D eigenvalue weighted by Crippen LogP contribution is -2.52. The summed E-state index contributed by atoms with van der Waals surface area (Å²) >= 11 is 0. The van der Waals surface area contributed by atoms with E-state index in [2.05, 4.69) is 4.90 Å². The van der Waals surface area contributed by atoms with Crippen LogP contribution >= 0.6 is 0 Å². The molecule has 7 nitrogen and oxygen atoms in total. The number of benzene rings is 1. The number of amides is 1. The maximum atomic E-state index is 13.3. The number of carbonyl (C=O) groups excluding carboxylic acids is 1. The zero-order chi connectivity index (χ0) is 20.8. The van der Waals surface area contributed by atoms with Gasteiger partial charge in [0.05, 0.1) is 17.1 Å². The molecule has 0 saturated carbocycles. The van der Waals surface area contributed by atoms with Crippen LogP contribution in [0.3, 0.4) is 0 Å². The smallest absolute Gasteiger partial charge is 0.258 e. The molecular formula is C21H27N3O4S. The first-order valence-electron chi connectivity index (χ1n) is 10.1. The highest BCUT2D eigenvalue weighted by molar-refractivity contribution is 7.91. The van der Waals surface area contributed by atoms with Crippen LogP contribution in [0.5, 0.6) is 0 Å². The van der Waals surface area contributed by atoms with Crippen LogP contribution in [0.25, 0.3) is 10.8 Å². The van der Waals surface area contributed by atoms with E-state index in [1.165, 1.54) is 0 Å². The van der Waals surface area contributed by atoms with E-state index in [9.17, 15) is 18.0 Å². The van der Waals surface area contributed by atoms with Crippen molar-refractivity contribution >= 4 is 26.5 Å². The van der Waals surface area contributed by atoms with Crippen LogP contribution in [-0.4, -0.2) is 72.4 Å². The largest absolute Gasteiger partial charge is 0.336 e. The summed E-state index contributed by atoms with van der Waals surface area (Å²) in [6, 6.07) is 7.29. The van der Waals surface area contributed by atoms with Crippen molar-refractivity contribution in [3.8, 4) is 0 Å². The topological polar surface area (TPSA) is 79.7 Å². The molecule has 29 heavy (non-hydrogen) atoms. The number of piperazine rings is 1. The Labute approximate surface area is 170 Å². The highest BCUT2D eigenvalue weighted by Crippen LogP contribution is 2.22. The van der Waals surface area contributed by atoms with Gasteiger partial charge in [-0.05, 0) is 26.3 Å². The third-order valence-electron chi connectivity index (χ3n) is 6.06. The first-order valence-corrected chi connectivity index (χ1v) is 12.0. The van der Waals surface area contributed by atoms with E-state index in [-0.39, 0.29) is 35.1 Å². The first kappa shape index (κ1) is 20.1. The number of aromatic nitrogens is 1. The second-order valence-corrected chi connectivity index (χ2v) is 10.5. The van der Waals surface area contributed by atoms with Crippen molar-refractivity contribution in [1.29, 1.82) is 0 Å². The van der Waals surface area contributed by atoms with Crippen molar-refractivity contribution in [3.63, 3.8) is 0 Å². The van der Waals surface area contributed by atoms with Gasteiger partial charge in [0.2, 0.25) is 0 Å². The summed E-state index contributed by atoms with van der Waals surface area (Å²) < 4.78 is 25.1. The molecule has 0 spiro atoms. The zero-order valence-electron chi connectivity index (χ0n) is 16.9. The van der Waals surface area contributed by atoms with Crippen molar-refractivity contribution < 1.29 is 13.2 Å². The molecule has 2 aromatic rings. The molecule has 3 heterocycles. The van der Waals surface area contributed by atoms with Crippen LogP contribution in [-0.2, 0) is 9.84 Å². The number of hydrogen-bond acceptors (Lipinski definition) is 5. The fraction of sp³-hybridized carbons (Fsp3) is 0.524. The predicted octanol–water partition coefficient (Wildman–Crippen LogP) is 1.53. The van der Waals surface area contributed by atoms with Crippen LogP contribution in [0.15, 0.2) is 35.3 Å². The molecule has 0 bridgehead atoms. The molecule has 0 unspecified atom stereocenters. The predicted molar refractivity (Wildman–Crippen MR) is 113 cm³/mol. The highest BCUT2D eigenvalue weighted by Gasteiger charge is 2.34. The van der Waals surface area contributed by atoms with E-state index in [4.69, 9.17) is 0 Å². The maximum absolute atomic E-state index is 13.3. The molecule has 1 aromatic carbocycles. The molecule has 156 valence electrons. The third kappa shape index (κ3) is 3.83. The summed E-state index contributed by atoms with van der Waals surface area (Å²) in [5.74, 6) is 0.416. The van der Waals surface area contributed by atoms with Crippen LogP contribution in [0, 0.1) is 0 Å². The van der Waals surface area contributed by atoms with Gasteiger partial charge in [-0.2, -0.15) is 0 Å². The minimum Gasteiger partial charge on any atom is -0.336 e. The van der Waals surface area contributed by atoms with Gasteiger partial charge in [0.15, 0.2) is 9.84 Å². The Morgan fingerprint density at radius 3 is 2.31 bits per heavy atom. The summed E-state index contributed by atoms with van der Waals surface area (Å²) in [6.07, 6.45) is 2.37. The van der Waals surface area contributed by atoms with Crippen molar-refractivity contribution in [2.24, 2.45) is 0 Å². The lowest BCUT2D eigenvalue weighted by molar-refractivity contribution is 0.0589. The van der Waals surface area contributed by atoms with Gasteiger partial charge in [-0.1, -0.05) is 18.2 Å². The Hall–Kier alpha value is -2.19. The molecular weight excluding hydrogens is 390 g/mol. The second kappa shape index (κ2) is 7.57. The Kier molecular flexibility index (Phi) is 5.25. The van der Waals surface area contributed by atoms with Gasteiger partial charge in [0, 0.05) is 55.2 Å². The van der Waals surface area contributed by atoms with Gasteiger partial charge in [-0.25, -0.2) is 8.42 Å². The molecule has 4 rings (SSSR count). The van der Waals surface area contributed by atoms with Crippen molar-refractivity contribution in [2.45, 2.75) is 32.4 Å². The number of fused-ring (bicyclic) bond motifs is 1. The molecule has 0 aliphatic carbocycles. The molecule has 8 heteroatoms. The Bertz CT molecular complexity index is 1100. The molecule has 0 radical (unpaired) electrons. The minimum absolute atomic E-state index is 0.0418. The number of pyridine rings is 1. The lowest BCUT2D eigenvalue weighted by atomic mass is 10.1. The summed E-state index contributed by atoms with van der Waals surface area (Å²) in [5.41, 5.74) is 0.463. The van der Waals surface area contributed by atoms with Gasteiger partial charge in [0.1, 0.15) is 0 Å². The monoisotopic (exact) mass is 417 g/mol. The first-order chi connectivity index (χ1) is 13.8. The number of nitrogens with zero attached hydrogens (tertiary/aromatic N) is 3. The Morgan fingerprint density at radius 2 is 1.72 bits per heavy atom. The molecule has 0 N–H and O–H groups in total. The SMILES string of the molecule is CC(C)n1cc(C(=O)N2CCN([C@@H]3CCS(=O)(=O)C3)CC2)c2ccccc2c1=O. The van der Waals surface area contributed by atoms with E-state index >= 15 is 0 Å². The molecule has 1 aromatic heterocycles. The van der Waals surface area contributed by atoms with E-state index in [0.717, 1.165) is 0 Å². The van der Waals surface area contributed by atoms with Gasteiger partial charge < -0.3 is 9.47 Å². The quantitative estimate of drug-likeness (QED) is 0.757. The molecule has 2 aliphatic rings.